The molecule has 1 aliphatic rings. The fraction of sp³-hybridized carbons (Fsp3) is 0.353. The van der Waals surface area contributed by atoms with Crippen molar-refractivity contribution in [3.63, 3.8) is 0 Å². The Morgan fingerprint density at radius 1 is 1.29 bits per heavy atom. The summed E-state index contributed by atoms with van der Waals surface area (Å²) in [6.45, 7) is 2.24. The molecule has 0 radical (unpaired) electrons. The summed E-state index contributed by atoms with van der Waals surface area (Å²) in [5.74, 6) is -2.23. The third-order valence-corrected chi connectivity index (χ3v) is 4.47. The number of amides is 1. The van der Waals surface area contributed by atoms with E-state index in [0.717, 1.165) is 0 Å². The lowest BCUT2D eigenvalue weighted by Crippen LogP contribution is -2.49. The average Bonchev–Trinajstić information content (AvgIpc) is 3.04. The number of piperidine rings is 1. The maximum Gasteiger partial charge on any atom is 0.308 e. The van der Waals surface area contributed by atoms with Gasteiger partial charge in [-0.05, 0) is 38.0 Å². The molecule has 1 saturated heterocycles. The lowest BCUT2D eigenvalue weighted by Gasteiger charge is -2.37. The van der Waals surface area contributed by atoms with Crippen molar-refractivity contribution in [2.45, 2.75) is 25.8 Å². The second-order valence-corrected chi connectivity index (χ2v) is 5.92. The summed E-state index contributed by atoms with van der Waals surface area (Å²) < 4.78 is 15.1. The molecule has 24 heavy (non-hydrogen) atoms. The molecule has 1 fully saturated rings. The molecule has 1 aromatic heterocycles. The minimum absolute atomic E-state index is 0.177. The van der Waals surface area contributed by atoms with Gasteiger partial charge < -0.3 is 10.0 Å². The first-order chi connectivity index (χ1) is 11.5. The van der Waals surface area contributed by atoms with Crippen molar-refractivity contribution < 1.29 is 19.1 Å². The first-order valence-corrected chi connectivity index (χ1v) is 7.83. The number of hydrogen-bond donors (Lipinski definition) is 1. The standard InChI is InChI=1S/C17H18FN3O3/c1-11-12(17(23)24)5-4-9-20(11)16(22)14-8-10-21(19-14)15-7-3-2-6-13(15)18/h2-3,6-8,10-12H,4-5,9H2,1H3,(H,23,24)/t11-,12-/m1/s1. The number of carbonyl (C=O) groups is 2. The van der Waals surface area contributed by atoms with Crippen LogP contribution in [0.1, 0.15) is 30.3 Å². The van der Waals surface area contributed by atoms with Crippen LogP contribution in [0.5, 0.6) is 0 Å². The monoisotopic (exact) mass is 331 g/mol. The highest BCUT2D eigenvalue weighted by Crippen LogP contribution is 2.25. The lowest BCUT2D eigenvalue weighted by molar-refractivity contribution is -0.144. The number of hydrogen-bond acceptors (Lipinski definition) is 3. The number of aliphatic carboxylic acids is 1. The highest BCUT2D eigenvalue weighted by atomic mass is 19.1. The third-order valence-electron chi connectivity index (χ3n) is 4.47. The van der Waals surface area contributed by atoms with E-state index in [0.29, 0.717) is 19.4 Å². The Hall–Kier alpha value is -2.70. The Labute approximate surface area is 138 Å². The van der Waals surface area contributed by atoms with Crippen molar-refractivity contribution in [2.75, 3.05) is 6.54 Å². The quantitative estimate of drug-likeness (QED) is 0.937. The highest BCUT2D eigenvalue weighted by molar-refractivity contribution is 5.93. The van der Waals surface area contributed by atoms with Crippen molar-refractivity contribution in [3.05, 3.63) is 48.0 Å². The Bertz CT molecular complexity index is 774. The van der Waals surface area contributed by atoms with Crippen LogP contribution in [0.3, 0.4) is 0 Å². The molecule has 1 aromatic carbocycles. The van der Waals surface area contributed by atoms with Crippen LogP contribution >= 0.6 is 0 Å². The van der Waals surface area contributed by atoms with Gasteiger partial charge in [-0.1, -0.05) is 12.1 Å². The van der Waals surface area contributed by atoms with Crippen LogP contribution in [0.25, 0.3) is 5.69 Å². The molecule has 2 atom stereocenters. The minimum atomic E-state index is -0.892. The van der Waals surface area contributed by atoms with Crippen molar-refractivity contribution in [1.29, 1.82) is 0 Å². The van der Waals surface area contributed by atoms with Gasteiger partial charge in [0.25, 0.3) is 5.91 Å². The number of carbonyl (C=O) groups excluding carboxylic acids is 1. The third kappa shape index (κ3) is 2.89. The molecule has 1 amide bonds. The van der Waals surface area contributed by atoms with E-state index in [1.54, 1.807) is 25.1 Å². The summed E-state index contributed by atoms with van der Waals surface area (Å²) in [4.78, 5) is 25.5. The lowest BCUT2D eigenvalue weighted by atomic mass is 9.90. The number of halogens is 1. The molecular formula is C17H18FN3O3. The number of aromatic nitrogens is 2. The fourth-order valence-corrected chi connectivity index (χ4v) is 3.12. The summed E-state index contributed by atoms with van der Waals surface area (Å²) in [7, 11) is 0. The van der Waals surface area contributed by atoms with Crippen molar-refractivity contribution in [1.82, 2.24) is 14.7 Å². The zero-order valence-corrected chi connectivity index (χ0v) is 13.2. The van der Waals surface area contributed by atoms with Gasteiger partial charge in [-0.25, -0.2) is 9.07 Å². The number of carboxylic acid groups (broad SMARTS) is 1. The van der Waals surface area contributed by atoms with E-state index in [9.17, 15) is 19.1 Å². The van der Waals surface area contributed by atoms with Crippen LogP contribution in [-0.4, -0.2) is 44.3 Å². The van der Waals surface area contributed by atoms with Gasteiger partial charge in [0.15, 0.2) is 5.69 Å². The Morgan fingerprint density at radius 3 is 2.75 bits per heavy atom. The number of benzene rings is 1. The second kappa shape index (κ2) is 6.43. The zero-order chi connectivity index (χ0) is 17.3. The SMILES string of the molecule is C[C@@H]1[C@H](C(=O)O)CCCN1C(=O)c1ccn(-c2ccccc2F)n1. The van der Waals surface area contributed by atoms with Gasteiger partial charge in [-0.15, -0.1) is 0 Å². The van der Waals surface area contributed by atoms with Gasteiger partial charge in [0.05, 0.1) is 5.92 Å². The zero-order valence-electron chi connectivity index (χ0n) is 13.2. The fourth-order valence-electron chi connectivity index (χ4n) is 3.12. The molecule has 1 N–H and O–H groups in total. The number of para-hydroxylation sites is 1. The molecule has 3 rings (SSSR count). The van der Waals surface area contributed by atoms with E-state index in [-0.39, 0.29) is 17.3 Å². The van der Waals surface area contributed by atoms with Crippen LogP contribution in [0.2, 0.25) is 0 Å². The van der Waals surface area contributed by atoms with Crippen molar-refractivity contribution >= 4 is 11.9 Å². The summed E-state index contributed by atoms with van der Waals surface area (Å²) in [5, 5.41) is 13.4. The maximum absolute atomic E-state index is 13.8. The first-order valence-electron chi connectivity index (χ1n) is 7.83. The first kappa shape index (κ1) is 16.2. The summed E-state index contributed by atoms with van der Waals surface area (Å²) in [6, 6.07) is 7.28. The summed E-state index contributed by atoms with van der Waals surface area (Å²) in [5.41, 5.74) is 0.433. The molecule has 0 unspecified atom stereocenters. The van der Waals surface area contributed by atoms with E-state index in [1.807, 2.05) is 0 Å². The number of likely N-dealkylation sites (tertiary alicyclic amines) is 1. The molecule has 0 saturated carbocycles. The number of rotatable bonds is 3. The number of carboxylic acids is 1. The van der Waals surface area contributed by atoms with Crippen molar-refractivity contribution in [2.24, 2.45) is 5.92 Å². The molecule has 0 spiro atoms. The van der Waals surface area contributed by atoms with Gasteiger partial charge >= 0.3 is 5.97 Å². The van der Waals surface area contributed by atoms with Crippen LogP contribution < -0.4 is 0 Å². The topological polar surface area (TPSA) is 75.4 Å². The van der Waals surface area contributed by atoms with Crippen LogP contribution in [0, 0.1) is 11.7 Å². The van der Waals surface area contributed by atoms with Gasteiger partial charge in [0, 0.05) is 18.8 Å². The average molecular weight is 331 g/mol. The Morgan fingerprint density at radius 2 is 2.04 bits per heavy atom. The van der Waals surface area contributed by atoms with Gasteiger partial charge in [0.2, 0.25) is 0 Å². The predicted molar refractivity (Wildman–Crippen MR) is 84.4 cm³/mol. The highest BCUT2D eigenvalue weighted by Gasteiger charge is 2.36. The summed E-state index contributed by atoms with van der Waals surface area (Å²) in [6.07, 6.45) is 2.72. The summed E-state index contributed by atoms with van der Waals surface area (Å²) >= 11 is 0. The van der Waals surface area contributed by atoms with E-state index >= 15 is 0 Å². The minimum Gasteiger partial charge on any atom is -0.481 e. The van der Waals surface area contributed by atoms with E-state index < -0.39 is 23.7 Å². The normalized spacial score (nSPS) is 20.8. The maximum atomic E-state index is 13.8. The van der Waals surface area contributed by atoms with Gasteiger partial charge in [0.1, 0.15) is 11.5 Å². The Kier molecular flexibility index (Phi) is 4.33. The molecule has 126 valence electrons. The molecule has 6 nitrogen and oxygen atoms in total. The molecular weight excluding hydrogens is 313 g/mol. The van der Waals surface area contributed by atoms with Gasteiger partial charge in [-0.3, -0.25) is 9.59 Å². The molecule has 2 heterocycles. The van der Waals surface area contributed by atoms with Crippen LogP contribution in [0.4, 0.5) is 4.39 Å². The Balaban J connectivity index is 1.84. The predicted octanol–water partition coefficient (Wildman–Crippen LogP) is 2.34. The van der Waals surface area contributed by atoms with E-state index in [4.69, 9.17) is 0 Å². The van der Waals surface area contributed by atoms with E-state index in [1.165, 1.54) is 27.9 Å². The largest absolute Gasteiger partial charge is 0.481 e. The van der Waals surface area contributed by atoms with Crippen LogP contribution in [-0.2, 0) is 4.79 Å². The molecule has 0 aliphatic carbocycles. The van der Waals surface area contributed by atoms with Gasteiger partial charge in [-0.2, -0.15) is 5.10 Å². The smallest absolute Gasteiger partial charge is 0.308 e. The second-order valence-electron chi connectivity index (χ2n) is 5.92. The molecule has 2 aromatic rings. The molecule has 0 bridgehead atoms. The van der Waals surface area contributed by atoms with Crippen LogP contribution in [0.15, 0.2) is 36.5 Å². The van der Waals surface area contributed by atoms with Crippen molar-refractivity contribution in [3.8, 4) is 5.69 Å². The molecule has 1 aliphatic heterocycles. The molecule has 7 heteroatoms. The van der Waals surface area contributed by atoms with E-state index in [2.05, 4.69) is 5.10 Å². The number of nitrogens with zero attached hydrogens (tertiary/aromatic N) is 3.